The molecule has 0 spiro atoms. The van der Waals surface area contributed by atoms with E-state index >= 15 is 0 Å². The lowest BCUT2D eigenvalue weighted by atomic mass is 10.0. The minimum absolute atomic E-state index is 0.0451. The fourth-order valence-corrected chi connectivity index (χ4v) is 3.51. The van der Waals surface area contributed by atoms with Gasteiger partial charge in [-0.1, -0.05) is 6.07 Å². The van der Waals surface area contributed by atoms with Crippen molar-refractivity contribution in [2.24, 2.45) is 0 Å². The Kier molecular flexibility index (Phi) is 4.13. The van der Waals surface area contributed by atoms with E-state index in [1.807, 2.05) is 23.1 Å². The van der Waals surface area contributed by atoms with Gasteiger partial charge in [0, 0.05) is 25.2 Å². The highest BCUT2D eigenvalue weighted by molar-refractivity contribution is 5.60. The van der Waals surface area contributed by atoms with E-state index < -0.39 is 0 Å². The molecule has 0 N–H and O–H groups in total. The highest BCUT2D eigenvalue weighted by Crippen LogP contribution is 2.41. The molecule has 2 aliphatic rings. The van der Waals surface area contributed by atoms with Crippen molar-refractivity contribution >= 4 is 11.5 Å². The molecule has 4 rings (SSSR count). The van der Waals surface area contributed by atoms with E-state index in [9.17, 15) is 10.1 Å². The zero-order valence-electron chi connectivity index (χ0n) is 13.8. The number of aromatic nitrogens is 1. The maximum absolute atomic E-state index is 11.4. The summed E-state index contributed by atoms with van der Waals surface area (Å²) in [6, 6.07) is 9.10. The molecular weight excluding hydrogens is 322 g/mol. The Bertz CT molecular complexity index is 796. The molecule has 0 radical (unpaired) electrons. The molecule has 0 saturated carbocycles. The molecule has 0 amide bonds. The largest absolute Gasteiger partial charge is 0.490 e. The molecule has 1 saturated heterocycles. The van der Waals surface area contributed by atoms with Crippen molar-refractivity contribution in [3.63, 3.8) is 0 Å². The van der Waals surface area contributed by atoms with Gasteiger partial charge in [-0.2, -0.15) is 0 Å². The molecule has 25 heavy (non-hydrogen) atoms. The summed E-state index contributed by atoms with van der Waals surface area (Å²) in [4.78, 5) is 17.3. The van der Waals surface area contributed by atoms with Crippen LogP contribution in [0.25, 0.3) is 0 Å². The molecule has 7 nitrogen and oxygen atoms in total. The first kappa shape index (κ1) is 15.7. The van der Waals surface area contributed by atoms with Crippen molar-refractivity contribution in [2.75, 3.05) is 24.7 Å². The van der Waals surface area contributed by atoms with Crippen LogP contribution in [0, 0.1) is 10.1 Å². The maximum Gasteiger partial charge on any atom is 0.311 e. The van der Waals surface area contributed by atoms with Crippen LogP contribution in [0.15, 0.2) is 36.5 Å². The molecular formula is C18H19N3O4. The smallest absolute Gasteiger partial charge is 0.311 e. The van der Waals surface area contributed by atoms with Gasteiger partial charge in [-0.25, -0.2) is 4.98 Å². The number of nitro groups is 1. The number of fused-ring (bicyclic) bond motifs is 1. The van der Waals surface area contributed by atoms with Crippen LogP contribution in [0.3, 0.4) is 0 Å². The van der Waals surface area contributed by atoms with Crippen LogP contribution < -0.4 is 14.4 Å². The van der Waals surface area contributed by atoms with E-state index in [0.29, 0.717) is 19.0 Å². The number of pyridine rings is 1. The Morgan fingerprint density at radius 3 is 2.84 bits per heavy atom. The van der Waals surface area contributed by atoms with Gasteiger partial charge in [0.25, 0.3) is 0 Å². The molecule has 1 fully saturated rings. The van der Waals surface area contributed by atoms with Crippen LogP contribution >= 0.6 is 0 Å². The van der Waals surface area contributed by atoms with Gasteiger partial charge in [-0.3, -0.25) is 10.1 Å². The zero-order chi connectivity index (χ0) is 17.2. The second-order valence-electron chi connectivity index (χ2n) is 6.21. The number of benzene rings is 1. The normalized spacial score (nSPS) is 19.5. The summed E-state index contributed by atoms with van der Waals surface area (Å²) >= 11 is 0. The fraction of sp³-hybridized carbons (Fsp3) is 0.389. The van der Waals surface area contributed by atoms with E-state index in [2.05, 4.69) is 4.98 Å². The van der Waals surface area contributed by atoms with Crippen LogP contribution in [0.1, 0.15) is 30.9 Å². The van der Waals surface area contributed by atoms with Crippen molar-refractivity contribution in [3.05, 3.63) is 52.2 Å². The summed E-state index contributed by atoms with van der Waals surface area (Å²) in [6.45, 7) is 2.04. The van der Waals surface area contributed by atoms with Crippen molar-refractivity contribution in [3.8, 4) is 11.5 Å². The molecule has 1 aromatic heterocycles. The zero-order valence-corrected chi connectivity index (χ0v) is 13.8. The van der Waals surface area contributed by atoms with Crippen molar-refractivity contribution < 1.29 is 14.4 Å². The van der Waals surface area contributed by atoms with E-state index in [1.54, 1.807) is 12.3 Å². The molecule has 2 aliphatic heterocycles. The van der Waals surface area contributed by atoms with Gasteiger partial charge in [0.1, 0.15) is 0 Å². The number of nitrogens with zero attached hydrogens (tertiary/aromatic N) is 3. The lowest BCUT2D eigenvalue weighted by Gasteiger charge is -2.26. The monoisotopic (exact) mass is 341 g/mol. The Labute approximate surface area is 145 Å². The molecule has 1 aromatic carbocycles. The first-order valence-electron chi connectivity index (χ1n) is 8.49. The van der Waals surface area contributed by atoms with Gasteiger partial charge in [0.2, 0.25) is 5.82 Å². The maximum atomic E-state index is 11.4. The molecule has 1 atom stereocenters. The second kappa shape index (κ2) is 6.58. The van der Waals surface area contributed by atoms with Crippen molar-refractivity contribution in [1.29, 1.82) is 0 Å². The third-order valence-electron chi connectivity index (χ3n) is 4.64. The Balaban J connectivity index is 1.69. The second-order valence-corrected chi connectivity index (χ2v) is 6.21. The first-order chi connectivity index (χ1) is 12.2. The van der Waals surface area contributed by atoms with E-state index in [1.165, 1.54) is 6.07 Å². The SMILES string of the molecule is O=[N+]([O-])c1cccnc1N1CCC[C@H]1c1ccc2c(c1)OCCCO2. The van der Waals surface area contributed by atoms with Gasteiger partial charge in [0.05, 0.1) is 24.2 Å². The number of anilines is 1. The summed E-state index contributed by atoms with van der Waals surface area (Å²) in [5.41, 5.74) is 1.12. The quantitative estimate of drug-likeness (QED) is 0.628. The van der Waals surface area contributed by atoms with Crippen LogP contribution in [-0.4, -0.2) is 29.7 Å². The topological polar surface area (TPSA) is 77.7 Å². The highest BCUT2D eigenvalue weighted by atomic mass is 16.6. The number of hydrogen-bond donors (Lipinski definition) is 0. The third-order valence-corrected chi connectivity index (χ3v) is 4.64. The minimum atomic E-state index is -0.369. The lowest BCUT2D eigenvalue weighted by molar-refractivity contribution is -0.384. The summed E-state index contributed by atoms with van der Waals surface area (Å²) < 4.78 is 11.5. The van der Waals surface area contributed by atoms with Gasteiger partial charge < -0.3 is 14.4 Å². The van der Waals surface area contributed by atoms with Crippen LogP contribution in [0.4, 0.5) is 11.5 Å². The van der Waals surface area contributed by atoms with Crippen LogP contribution in [0.2, 0.25) is 0 Å². The van der Waals surface area contributed by atoms with E-state index in [0.717, 1.165) is 42.9 Å². The highest BCUT2D eigenvalue weighted by Gasteiger charge is 2.32. The molecule has 0 aliphatic carbocycles. The Morgan fingerprint density at radius 1 is 1.16 bits per heavy atom. The molecule has 7 heteroatoms. The predicted molar refractivity (Wildman–Crippen MR) is 92.3 cm³/mol. The van der Waals surface area contributed by atoms with E-state index in [4.69, 9.17) is 9.47 Å². The third kappa shape index (κ3) is 2.97. The standard InChI is InChI=1S/C18H19N3O4/c22-21(23)15-4-1-8-19-18(15)20-9-2-5-14(20)13-6-7-16-17(12-13)25-11-3-10-24-16/h1,4,6-8,12,14H,2-3,5,9-11H2/t14-/m0/s1. The lowest BCUT2D eigenvalue weighted by Crippen LogP contribution is -2.24. The number of hydrogen-bond acceptors (Lipinski definition) is 6. The van der Waals surface area contributed by atoms with Gasteiger partial charge in [-0.15, -0.1) is 0 Å². The van der Waals surface area contributed by atoms with Crippen LogP contribution in [-0.2, 0) is 0 Å². The summed E-state index contributed by atoms with van der Waals surface area (Å²) in [5, 5.41) is 11.4. The van der Waals surface area contributed by atoms with Gasteiger partial charge in [0.15, 0.2) is 11.5 Å². The first-order valence-corrected chi connectivity index (χ1v) is 8.49. The van der Waals surface area contributed by atoms with Crippen molar-refractivity contribution in [1.82, 2.24) is 4.98 Å². The van der Waals surface area contributed by atoms with Crippen LogP contribution in [0.5, 0.6) is 11.5 Å². The molecule has 130 valence electrons. The van der Waals surface area contributed by atoms with Gasteiger partial charge in [-0.05, 0) is 36.6 Å². The Morgan fingerprint density at radius 2 is 2.00 bits per heavy atom. The predicted octanol–water partition coefficient (Wildman–Crippen LogP) is 3.49. The fourth-order valence-electron chi connectivity index (χ4n) is 3.51. The Hall–Kier alpha value is -2.83. The average molecular weight is 341 g/mol. The van der Waals surface area contributed by atoms with Crippen molar-refractivity contribution in [2.45, 2.75) is 25.3 Å². The number of ether oxygens (including phenoxy) is 2. The summed E-state index contributed by atoms with van der Waals surface area (Å²) in [5.74, 6) is 1.94. The van der Waals surface area contributed by atoms with E-state index in [-0.39, 0.29) is 16.7 Å². The minimum Gasteiger partial charge on any atom is -0.490 e. The molecule has 2 aromatic rings. The average Bonchev–Trinajstić information content (AvgIpc) is 3.00. The number of rotatable bonds is 3. The summed E-state index contributed by atoms with van der Waals surface area (Å²) in [6.07, 6.45) is 4.35. The molecule has 0 bridgehead atoms. The van der Waals surface area contributed by atoms with Gasteiger partial charge >= 0.3 is 5.69 Å². The molecule has 0 unspecified atom stereocenters. The summed E-state index contributed by atoms with van der Waals surface area (Å²) in [7, 11) is 0. The molecule has 3 heterocycles.